The summed E-state index contributed by atoms with van der Waals surface area (Å²) < 4.78 is 2.52. The van der Waals surface area contributed by atoms with Crippen molar-refractivity contribution < 1.29 is 4.79 Å². The number of hydrogen-bond donors (Lipinski definition) is 1. The Bertz CT molecular complexity index is 812. The van der Waals surface area contributed by atoms with E-state index in [0.29, 0.717) is 17.9 Å². The number of pyridine rings is 1. The SMILES string of the molecule is Cc1ccc(Cn2cc(Br)c(NC(=O)c3cccnc3)n2)cc1. The van der Waals surface area contributed by atoms with Crippen molar-refractivity contribution in [2.75, 3.05) is 5.32 Å². The topological polar surface area (TPSA) is 59.8 Å². The van der Waals surface area contributed by atoms with E-state index >= 15 is 0 Å². The lowest BCUT2D eigenvalue weighted by Gasteiger charge is -2.03. The molecule has 3 aromatic rings. The van der Waals surface area contributed by atoms with Crippen LogP contribution < -0.4 is 5.32 Å². The van der Waals surface area contributed by atoms with Crippen molar-refractivity contribution in [1.82, 2.24) is 14.8 Å². The lowest BCUT2D eigenvalue weighted by Crippen LogP contribution is -2.13. The van der Waals surface area contributed by atoms with Gasteiger partial charge in [0, 0.05) is 18.6 Å². The van der Waals surface area contributed by atoms with Gasteiger partial charge in [0.25, 0.3) is 5.91 Å². The third-order valence-electron chi connectivity index (χ3n) is 3.34. The number of aromatic nitrogens is 3. The Kier molecular flexibility index (Phi) is 4.52. The molecule has 116 valence electrons. The quantitative estimate of drug-likeness (QED) is 0.762. The van der Waals surface area contributed by atoms with E-state index in [-0.39, 0.29) is 5.91 Å². The highest BCUT2D eigenvalue weighted by Gasteiger charge is 2.12. The van der Waals surface area contributed by atoms with Crippen LogP contribution in [0.1, 0.15) is 21.5 Å². The van der Waals surface area contributed by atoms with E-state index in [1.54, 1.807) is 23.0 Å². The molecule has 1 N–H and O–H groups in total. The molecule has 3 rings (SSSR count). The second-order valence-electron chi connectivity index (χ2n) is 5.20. The molecule has 0 saturated heterocycles. The second kappa shape index (κ2) is 6.75. The molecule has 2 heterocycles. The van der Waals surface area contributed by atoms with Crippen molar-refractivity contribution in [1.29, 1.82) is 0 Å². The van der Waals surface area contributed by atoms with Crippen LogP contribution in [0.4, 0.5) is 5.82 Å². The van der Waals surface area contributed by atoms with E-state index in [0.717, 1.165) is 10.0 Å². The number of hydrogen-bond acceptors (Lipinski definition) is 3. The summed E-state index contributed by atoms with van der Waals surface area (Å²) in [7, 11) is 0. The molecular weight excluding hydrogens is 356 g/mol. The first-order valence-corrected chi connectivity index (χ1v) is 7.91. The van der Waals surface area contributed by atoms with E-state index in [2.05, 4.69) is 62.5 Å². The normalized spacial score (nSPS) is 10.5. The van der Waals surface area contributed by atoms with Crippen LogP contribution in [0.25, 0.3) is 0 Å². The first kappa shape index (κ1) is 15.4. The summed E-state index contributed by atoms with van der Waals surface area (Å²) in [5.41, 5.74) is 2.86. The number of halogens is 1. The smallest absolute Gasteiger partial charge is 0.258 e. The first-order valence-electron chi connectivity index (χ1n) is 7.12. The molecule has 0 atom stereocenters. The average Bonchev–Trinajstić information content (AvgIpc) is 2.90. The minimum Gasteiger partial charge on any atom is -0.304 e. The minimum absolute atomic E-state index is 0.237. The van der Waals surface area contributed by atoms with Gasteiger partial charge in [-0.05, 0) is 40.5 Å². The van der Waals surface area contributed by atoms with Crippen molar-refractivity contribution in [3.8, 4) is 0 Å². The fraction of sp³-hybridized carbons (Fsp3) is 0.118. The number of nitrogens with one attached hydrogen (secondary N) is 1. The molecule has 6 heteroatoms. The Morgan fingerprint density at radius 3 is 2.74 bits per heavy atom. The molecule has 0 spiro atoms. The molecule has 0 fully saturated rings. The zero-order valence-corrected chi connectivity index (χ0v) is 14.1. The van der Waals surface area contributed by atoms with E-state index < -0.39 is 0 Å². The predicted molar refractivity (Wildman–Crippen MR) is 92.4 cm³/mol. The van der Waals surface area contributed by atoms with Gasteiger partial charge in [-0.2, -0.15) is 5.10 Å². The molecule has 1 aromatic carbocycles. The largest absolute Gasteiger partial charge is 0.304 e. The molecule has 0 bridgehead atoms. The first-order chi connectivity index (χ1) is 11.1. The molecular formula is C17H15BrN4O. The van der Waals surface area contributed by atoms with Crippen LogP contribution in [0.2, 0.25) is 0 Å². The Labute approximate surface area is 142 Å². The number of carbonyl (C=O) groups excluding carboxylic acids is 1. The van der Waals surface area contributed by atoms with Gasteiger partial charge in [-0.1, -0.05) is 29.8 Å². The van der Waals surface area contributed by atoms with Gasteiger partial charge in [0.05, 0.1) is 16.6 Å². The number of aryl methyl sites for hydroxylation is 1. The third kappa shape index (κ3) is 3.84. The fourth-order valence-electron chi connectivity index (χ4n) is 2.12. The third-order valence-corrected chi connectivity index (χ3v) is 3.92. The summed E-state index contributed by atoms with van der Waals surface area (Å²) >= 11 is 3.43. The molecule has 0 saturated carbocycles. The lowest BCUT2D eigenvalue weighted by atomic mass is 10.1. The van der Waals surface area contributed by atoms with E-state index in [1.807, 2.05) is 6.20 Å². The van der Waals surface area contributed by atoms with E-state index in [1.165, 1.54) is 11.8 Å². The van der Waals surface area contributed by atoms with Crippen LogP contribution in [-0.2, 0) is 6.54 Å². The molecule has 0 radical (unpaired) electrons. The Morgan fingerprint density at radius 1 is 1.26 bits per heavy atom. The molecule has 0 unspecified atom stereocenters. The molecule has 23 heavy (non-hydrogen) atoms. The van der Waals surface area contributed by atoms with Crippen LogP contribution in [0.15, 0.2) is 59.5 Å². The maximum absolute atomic E-state index is 12.2. The summed E-state index contributed by atoms with van der Waals surface area (Å²) in [6.07, 6.45) is 4.99. The van der Waals surface area contributed by atoms with Crippen molar-refractivity contribution in [3.63, 3.8) is 0 Å². The Morgan fingerprint density at radius 2 is 2.04 bits per heavy atom. The van der Waals surface area contributed by atoms with Gasteiger partial charge >= 0.3 is 0 Å². The number of carbonyl (C=O) groups is 1. The van der Waals surface area contributed by atoms with Gasteiger partial charge in [0.1, 0.15) is 0 Å². The van der Waals surface area contributed by atoms with Crippen molar-refractivity contribution in [3.05, 3.63) is 76.2 Å². The molecule has 0 aliphatic rings. The van der Waals surface area contributed by atoms with Crippen LogP contribution in [0.5, 0.6) is 0 Å². The molecule has 0 aliphatic carbocycles. The summed E-state index contributed by atoms with van der Waals surface area (Å²) in [6.45, 7) is 2.70. The average molecular weight is 371 g/mol. The van der Waals surface area contributed by atoms with Gasteiger partial charge in [0.15, 0.2) is 5.82 Å². The lowest BCUT2D eigenvalue weighted by molar-refractivity contribution is 0.102. The van der Waals surface area contributed by atoms with Crippen LogP contribution in [-0.4, -0.2) is 20.7 Å². The number of amides is 1. The summed E-state index contributed by atoms with van der Waals surface area (Å²) in [4.78, 5) is 16.1. The maximum atomic E-state index is 12.2. The van der Waals surface area contributed by atoms with E-state index in [9.17, 15) is 4.79 Å². The summed E-state index contributed by atoms with van der Waals surface area (Å²) in [5.74, 6) is 0.255. The zero-order valence-electron chi connectivity index (χ0n) is 12.5. The Hall–Kier alpha value is -2.47. The zero-order chi connectivity index (χ0) is 16.2. The van der Waals surface area contributed by atoms with Crippen molar-refractivity contribution in [2.45, 2.75) is 13.5 Å². The number of benzene rings is 1. The van der Waals surface area contributed by atoms with Gasteiger partial charge in [-0.25, -0.2) is 0 Å². The van der Waals surface area contributed by atoms with Crippen molar-refractivity contribution >= 4 is 27.7 Å². The highest BCUT2D eigenvalue weighted by molar-refractivity contribution is 9.10. The van der Waals surface area contributed by atoms with E-state index in [4.69, 9.17) is 0 Å². The predicted octanol–water partition coefficient (Wildman–Crippen LogP) is 3.65. The molecule has 1 amide bonds. The summed E-state index contributed by atoms with van der Waals surface area (Å²) in [5, 5.41) is 7.19. The number of nitrogens with zero attached hydrogens (tertiary/aromatic N) is 3. The highest BCUT2D eigenvalue weighted by atomic mass is 79.9. The number of anilines is 1. The fourth-order valence-corrected chi connectivity index (χ4v) is 2.53. The minimum atomic E-state index is -0.237. The summed E-state index contributed by atoms with van der Waals surface area (Å²) in [6, 6.07) is 11.7. The second-order valence-corrected chi connectivity index (χ2v) is 6.06. The van der Waals surface area contributed by atoms with Crippen molar-refractivity contribution in [2.24, 2.45) is 0 Å². The van der Waals surface area contributed by atoms with Crippen LogP contribution in [0.3, 0.4) is 0 Å². The monoisotopic (exact) mass is 370 g/mol. The Balaban J connectivity index is 1.73. The van der Waals surface area contributed by atoms with Gasteiger partial charge < -0.3 is 5.32 Å². The van der Waals surface area contributed by atoms with Crippen LogP contribution in [0, 0.1) is 6.92 Å². The maximum Gasteiger partial charge on any atom is 0.258 e. The van der Waals surface area contributed by atoms with Gasteiger partial charge in [-0.3, -0.25) is 14.5 Å². The van der Waals surface area contributed by atoms with Gasteiger partial charge in [0.2, 0.25) is 0 Å². The molecule has 5 nitrogen and oxygen atoms in total. The number of rotatable bonds is 4. The van der Waals surface area contributed by atoms with Gasteiger partial charge in [-0.15, -0.1) is 0 Å². The van der Waals surface area contributed by atoms with Crippen LogP contribution >= 0.6 is 15.9 Å². The highest BCUT2D eigenvalue weighted by Crippen LogP contribution is 2.21. The standard InChI is InChI=1S/C17H15BrN4O/c1-12-4-6-13(7-5-12)10-22-11-15(18)16(21-22)20-17(23)14-3-2-8-19-9-14/h2-9,11H,10H2,1H3,(H,20,21,23). The molecule has 0 aliphatic heterocycles. The molecule has 2 aromatic heterocycles.